The van der Waals surface area contributed by atoms with Crippen molar-refractivity contribution in [2.24, 2.45) is 0 Å². The minimum absolute atomic E-state index is 0.125. The van der Waals surface area contributed by atoms with Crippen LogP contribution in [0.15, 0.2) is 78.9 Å². The number of benzene rings is 3. The van der Waals surface area contributed by atoms with Crippen LogP contribution in [0, 0.1) is 0 Å². The molecule has 3 aromatic rings. The second kappa shape index (κ2) is 10.1. The molecule has 0 saturated carbocycles. The van der Waals surface area contributed by atoms with E-state index in [-0.39, 0.29) is 12.3 Å². The molecule has 3 rings (SSSR count). The number of carbonyl (C=O) groups excluding carboxylic acids is 1. The number of rotatable bonds is 9. The summed E-state index contributed by atoms with van der Waals surface area (Å²) in [6.45, 7) is 0.493. The number of carbonyl (C=O) groups is 2. The molecule has 0 radical (unpaired) electrons. The third kappa shape index (κ3) is 6.21. The molecule has 0 spiro atoms. The van der Waals surface area contributed by atoms with Crippen molar-refractivity contribution < 1.29 is 19.4 Å². The molecule has 3 aromatic carbocycles. The number of amides is 1. The van der Waals surface area contributed by atoms with Crippen LogP contribution in [0.5, 0.6) is 11.5 Å². The number of para-hydroxylation sites is 2. The average molecular weight is 389 g/mol. The molecule has 148 valence electrons. The fourth-order valence-electron chi connectivity index (χ4n) is 2.90. The fraction of sp³-hybridized carbons (Fsp3) is 0.167. The summed E-state index contributed by atoms with van der Waals surface area (Å²) in [5, 5.41) is 11.7. The maximum atomic E-state index is 12.6. The zero-order valence-corrected chi connectivity index (χ0v) is 16.0. The van der Waals surface area contributed by atoms with Crippen LogP contribution in [-0.2, 0) is 17.6 Å². The Hall–Kier alpha value is -3.60. The van der Waals surface area contributed by atoms with Crippen LogP contribution >= 0.6 is 0 Å². The van der Waals surface area contributed by atoms with Gasteiger partial charge in [0.25, 0.3) is 5.91 Å². The van der Waals surface area contributed by atoms with Crippen LogP contribution in [0.25, 0.3) is 0 Å². The first-order valence-corrected chi connectivity index (χ1v) is 9.51. The first-order chi connectivity index (χ1) is 14.1. The lowest BCUT2D eigenvalue weighted by molar-refractivity contribution is -0.136. The third-order valence-electron chi connectivity index (χ3n) is 4.45. The van der Waals surface area contributed by atoms with Gasteiger partial charge in [-0.05, 0) is 48.2 Å². The smallest absolute Gasteiger partial charge is 0.303 e. The SMILES string of the molecule is O=C(O)CCc1ccc(CCNC(=O)c2ccccc2Oc2ccccc2)cc1. The summed E-state index contributed by atoms with van der Waals surface area (Å²) in [7, 11) is 0. The Bertz CT molecular complexity index is 952. The lowest BCUT2D eigenvalue weighted by atomic mass is 10.1. The predicted octanol–water partition coefficient (Wildman–Crippen LogP) is 4.47. The molecule has 0 aromatic heterocycles. The highest BCUT2D eigenvalue weighted by Gasteiger charge is 2.12. The minimum atomic E-state index is -0.798. The summed E-state index contributed by atoms with van der Waals surface area (Å²) in [5.41, 5.74) is 2.56. The summed E-state index contributed by atoms with van der Waals surface area (Å²) in [6, 6.07) is 24.3. The van der Waals surface area contributed by atoms with Crippen LogP contribution in [0.4, 0.5) is 0 Å². The van der Waals surface area contributed by atoms with Crippen LogP contribution in [0.2, 0.25) is 0 Å². The molecule has 0 atom stereocenters. The zero-order valence-electron chi connectivity index (χ0n) is 16.0. The topological polar surface area (TPSA) is 75.6 Å². The Morgan fingerprint density at radius 3 is 2.10 bits per heavy atom. The summed E-state index contributed by atoms with van der Waals surface area (Å²) in [4.78, 5) is 23.2. The van der Waals surface area contributed by atoms with Gasteiger partial charge in [0.15, 0.2) is 0 Å². The summed E-state index contributed by atoms with van der Waals surface area (Å²) in [6.07, 6.45) is 1.33. The van der Waals surface area contributed by atoms with Crippen LogP contribution in [0.3, 0.4) is 0 Å². The summed E-state index contributed by atoms with van der Waals surface area (Å²) < 4.78 is 5.85. The first-order valence-electron chi connectivity index (χ1n) is 9.51. The highest BCUT2D eigenvalue weighted by Crippen LogP contribution is 2.24. The fourth-order valence-corrected chi connectivity index (χ4v) is 2.90. The van der Waals surface area contributed by atoms with E-state index in [1.165, 1.54) is 0 Å². The lowest BCUT2D eigenvalue weighted by Gasteiger charge is -2.11. The van der Waals surface area contributed by atoms with Gasteiger partial charge in [-0.15, -0.1) is 0 Å². The Kier molecular flexibility index (Phi) is 7.00. The maximum absolute atomic E-state index is 12.6. The van der Waals surface area contributed by atoms with E-state index in [0.717, 1.165) is 11.1 Å². The van der Waals surface area contributed by atoms with E-state index in [1.54, 1.807) is 12.1 Å². The largest absolute Gasteiger partial charge is 0.481 e. The van der Waals surface area contributed by atoms with Gasteiger partial charge in [-0.25, -0.2) is 0 Å². The van der Waals surface area contributed by atoms with E-state index in [2.05, 4.69) is 5.32 Å². The average Bonchev–Trinajstić information content (AvgIpc) is 2.74. The highest BCUT2D eigenvalue weighted by molar-refractivity contribution is 5.97. The molecule has 0 saturated heterocycles. The highest BCUT2D eigenvalue weighted by atomic mass is 16.5. The van der Waals surface area contributed by atoms with Gasteiger partial charge in [0.05, 0.1) is 5.56 Å². The van der Waals surface area contributed by atoms with Crippen molar-refractivity contribution >= 4 is 11.9 Å². The van der Waals surface area contributed by atoms with Gasteiger partial charge < -0.3 is 15.2 Å². The molecule has 2 N–H and O–H groups in total. The first kappa shape index (κ1) is 20.1. The van der Waals surface area contributed by atoms with Gasteiger partial charge in [-0.3, -0.25) is 9.59 Å². The van der Waals surface area contributed by atoms with Gasteiger partial charge in [-0.1, -0.05) is 54.6 Å². The van der Waals surface area contributed by atoms with E-state index in [4.69, 9.17) is 9.84 Å². The molecule has 0 fully saturated rings. The number of nitrogens with one attached hydrogen (secondary N) is 1. The molecular weight excluding hydrogens is 366 g/mol. The molecule has 0 aliphatic carbocycles. The number of aliphatic carboxylic acids is 1. The standard InChI is InChI=1S/C24H23NO4/c26-23(27)15-14-18-10-12-19(13-11-18)16-17-25-24(28)21-8-4-5-9-22(21)29-20-6-2-1-3-7-20/h1-13H,14-17H2,(H,25,28)(H,26,27). The Labute approximate surface area is 170 Å². The molecule has 0 bridgehead atoms. The molecule has 5 heteroatoms. The number of carboxylic acids is 1. The summed E-state index contributed by atoms with van der Waals surface area (Å²) in [5.74, 6) is 0.206. The zero-order chi connectivity index (χ0) is 20.5. The van der Waals surface area contributed by atoms with E-state index < -0.39 is 5.97 Å². The normalized spacial score (nSPS) is 10.3. The van der Waals surface area contributed by atoms with E-state index in [9.17, 15) is 9.59 Å². The molecular formula is C24H23NO4. The van der Waals surface area contributed by atoms with Crippen molar-refractivity contribution in [2.75, 3.05) is 6.54 Å². The van der Waals surface area contributed by atoms with Crippen molar-refractivity contribution in [1.29, 1.82) is 0 Å². The quantitative estimate of drug-likeness (QED) is 0.566. The monoisotopic (exact) mass is 389 g/mol. The number of carboxylic acid groups (broad SMARTS) is 1. The van der Waals surface area contributed by atoms with Gasteiger partial charge in [0.2, 0.25) is 0 Å². The predicted molar refractivity (Wildman–Crippen MR) is 111 cm³/mol. The van der Waals surface area contributed by atoms with Crippen molar-refractivity contribution in [2.45, 2.75) is 19.3 Å². The lowest BCUT2D eigenvalue weighted by Crippen LogP contribution is -2.26. The van der Waals surface area contributed by atoms with E-state index in [1.807, 2.05) is 66.7 Å². The Morgan fingerprint density at radius 2 is 1.41 bits per heavy atom. The van der Waals surface area contributed by atoms with Crippen molar-refractivity contribution in [3.63, 3.8) is 0 Å². The molecule has 0 heterocycles. The molecule has 0 aliphatic rings. The van der Waals surface area contributed by atoms with Crippen LogP contribution < -0.4 is 10.1 Å². The molecule has 29 heavy (non-hydrogen) atoms. The van der Waals surface area contributed by atoms with Crippen LogP contribution in [0.1, 0.15) is 27.9 Å². The molecule has 0 unspecified atom stereocenters. The molecule has 5 nitrogen and oxygen atoms in total. The van der Waals surface area contributed by atoms with Crippen molar-refractivity contribution in [3.05, 3.63) is 95.6 Å². The van der Waals surface area contributed by atoms with Gasteiger partial charge >= 0.3 is 5.97 Å². The van der Waals surface area contributed by atoms with Gasteiger partial charge in [0, 0.05) is 13.0 Å². The number of ether oxygens (including phenoxy) is 1. The third-order valence-corrected chi connectivity index (χ3v) is 4.45. The summed E-state index contributed by atoms with van der Waals surface area (Å²) >= 11 is 0. The molecule has 0 aliphatic heterocycles. The number of hydrogen-bond acceptors (Lipinski definition) is 3. The maximum Gasteiger partial charge on any atom is 0.303 e. The van der Waals surface area contributed by atoms with Crippen molar-refractivity contribution in [3.8, 4) is 11.5 Å². The number of hydrogen-bond donors (Lipinski definition) is 2. The number of aryl methyl sites for hydroxylation is 1. The van der Waals surface area contributed by atoms with Gasteiger partial charge in [-0.2, -0.15) is 0 Å². The van der Waals surface area contributed by atoms with E-state index >= 15 is 0 Å². The van der Waals surface area contributed by atoms with E-state index in [0.29, 0.717) is 36.4 Å². The van der Waals surface area contributed by atoms with Crippen LogP contribution in [-0.4, -0.2) is 23.5 Å². The minimum Gasteiger partial charge on any atom is -0.481 e. The van der Waals surface area contributed by atoms with Gasteiger partial charge in [0.1, 0.15) is 11.5 Å². The second-order valence-electron chi connectivity index (χ2n) is 6.63. The Balaban J connectivity index is 1.54. The second-order valence-corrected chi connectivity index (χ2v) is 6.63. The van der Waals surface area contributed by atoms with Crippen molar-refractivity contribution in [1.82, 2.24) is 5.32 Å². The molecule has 1 amide bonds. The Morgan fingerprint density at radius 1 is 0.793 bits per heavy atom.